The first-order valence-corrected chi connectivity index (χ1v) is 12.2. The molecule has 0 heterocycles. The van der Waals surface area contributed by atoms with Crippen LogP contribution in [0.4, 0.5) is 0 Å². The molecule has 2 unspecified atom stereocenters. The highest BCUT2D eigenvalue weighted by Gasteiger charge is 2.26. The number of rotatable bonds is 15. The van der Waals surface area contributed by atoms with Gasteiger partial charge in [0, 0.05) is 30.6 Å². The van der Waals surface area contributed by atoms with Gasteiger partial charge in [0.05, 0.1) is 7.11 Å². The molecule has 0 radical (unpaired) electrons. The van der Waals surface area contributed by atoms with Crippen molar-refractivity contribution in [3.05, 3.63) is 22.8 Å². The molecule has 0 aromatic heterocycles. The first-order chi connectivity index (χ1) is 14.0. The van der Waals surface area contributed by atoms with Gasteiger partial charge in [-0.05, 0) is 43.8 Å². The minimum atomic E-state index is -0.231. The van der Waals surface area contributed by atoms with E-state index >= 15 is 0 Å². The molecule has 1 rings (SSSR count). The molecule has 0 N–H and O–H groups in total. The molecule has 0 saturated carbocycles. The lowest BCUT2D eigenvalue weighted by atomic mass is 9.98. The number of hydrogen-bond donors (Lipinski definition) is 0. The Kier molecular flexibility index (Phi) is 13.9. The maximum absolute atomic E-state index is 11.5. The molecular weight excluding hydrogens is 384 g/mol. The van der Waals surface area contributed by atoms with Crippen LogP contribution in [0.15, 0.2) is 22.8 Å². The quantitative estimate of drug-likeness (QED) is 0.164. The van der Waals surface area contributed by atoms with Crippen LogP contribution < -0.4 is 0 Å². The summed E-state index contributed by atoms with van der Waals surface area (Å²) in [4.78, 5) is 23.8. The number of methoxy groups -OCH3 is 1. The van der Waals surface area contributed by atoms with Gasteiger partial charge in [-0.15, -0.1) is 11.8 Å². The summed E-state index contributed by atoms with van der Waals surface area (Å²) in [5.74, 6) is 2.64. The summed E-state index contributed by atoms with van der Waals surface area (Å²) >= 11 is 1.82. The molecule has 0 saturated heterocycles. The Labute approximate surface area is 181 Å². The standard InChI is InChI=1S/C24H40O4S/c1-5-6-12-19(2)13-9-10-14-21-16-17-22(28-20(3)25)24(21)29-18-11-7-8-15-23(26)27-4/h10,14,19,21H,5-9,11-13,15-18H2,1-4H3/b14-10+. The molecule has 1 aliphatic carbocycles. The Morgan fingerprint density at radius 3 is 2.69 bits per heavy atom. The molecule has 0 bridgehead atoms. The van der Waals surface area contributed by atoms with Crippen LogP contribution in [0.5, 0.6) is 0 Å². The van der Waals surface area contributed by atoms with Crippen LogP contribution in [-0.2, 0) is 19.1 Å². The molecule has 0 amide bonds. The van der Waals surface area contributed by atoms with E-state index in [1.165, 1.54) is 44.6 Å². The molecule has 0 aromatic rings. The van der Waals surface area contributed by atoms with Gasteiger partial charge in [0.25, 0.3) is 0 Å². The molecule has 0 aliphatic heterocycles. The summed E-state index contributed by atoms with van der Waals surface area (Å²) in [5, 5.41) is 0. The third kappa shape index (κ3) is 11.5. The van der Waals surface area contributed by atoms with Crippen molar-refractivity contribution in [2.75, 3.05) is 12.9 Å². The normalized spacial score (nSPS) is 17.7. The van der Waals surface area contributed by atoms with E-state index in [1.807, 2.05) is 11.8 Å². The second-order valence-corrected chi connectivity index (χ2v) is 9.15. The lowest BCUT2D eigenvalue weighted by molar-refractivity contribution is -0.140. The first kappa shape index (κ1) is 25.8. The lowest BCUT2D eigenvalue weighted by Crippen LogP contribution is -2.01. The number of ether oxygens (including phenoxy) is 2. The number of allylic oxidation sites excluding steroid dienone is 4. The van der Waals surface area contributed by atoms with Gasteiger partial charge in [-0.25, -0.2) is 0 Å². The zero-order chi connectivity index (χ0) is 21.5. The smallest absolute Gasteiger partial charge is 0.307 e. The molecule has 2 atom stereocenters. The highest BCUT2D eigenvalue weighted by atomic mass is 32.2. The van der Waals surface area contributed by atoms with Gasteiger partial charge in [-0.2, -0.15) is 0 Å². The Morgan fingerprint density at radius 2 is 2.00 bits per heavy atom. The van der Waals surface area contributed by atoms with Gasteiger partial charge >= 0.3 is 11.9 Å². The molecular formula is C24H40O4S. The number of carbonyl (C=O) groups is 2. The third-order valence-corrected chi connectivity index (χ3v) is 6.65. The Morgan fingerprint density at radius 1 is 1.21 bits per heavy atom. The largest absolute Gasteiger partial charge is 0.469 e. The maximum atomic E-state index is 11.5. The van der Waals surface area contributed by atoms with Crippen molar-refractivity contribution in [3.63, 3.8) is 0 Å². The van der Waals surface area contributed by atoms with Crippen molar-refractivity contribution in [1.29, 1.82) is 0 Å². The summed E-state index contributed by atoms with van der Waals surface area (Å²) in [6.45, 7) is 6.07. The first-order valence-electron chi connectivity index (χ1n) is 11.3. The van der Waals surface area contributed by atoms with Crippen molar-refractivity contribution < 1.29 is 19.1 Å². The average Bonchev–Trinajstić information content (AvgIpc) is 3.06. The summed E-state index contributed by atoms with van der Waals surface area (Å²) < 4.78 is 10.2. The molecule has 0 fully saturated rings. The fourth-order valence-corrected chi connectivity index (χ4v) is 4.85. The van der Waals surface area contributed by atoms with E-state index in [2.05, 4.69) is 30.7 Å². The molecule has 1 aliphatic rings. The molecule has 0 spiro atoms. The topological polar surface area (TPSA) is 52.6 Å². The number of hydrogen-bond acceptors (Lipinski definition) is 5. The molecule has 5 heteroatoms. The van der Waals surface area contributed by atoms with Crippen molar-refractivity contribution in [3.8, 4) is 0 Å². The van der Waals surface area contributed by atoms with Crippen molar-refractivity contribution in [2.45, 2.75) is 91.4 Å². The summed E-state index contributed by atoms with van der Waals surface area (Å²) in [6.07, 6.45) is 16.2. The zero-order valence-electron chi connectivity index (χ0n) is 18.8. The number of carbonyl (C=O) groups excluding carboxylic acids is 2. The Balaban J connectivity index is 2.47. The van der Waals surface area contributed by atoms with Crippen LogP contribution in [0, 0.1) is 11.8 Å². The van der Waals surface area contributed by atoms with Gasteiger partial charge in [0.15, 0.2) is 0 Å². The van der Waals surface area contributed by atoms with Crippen LogP contribution in [0.3, 0.4) is 0 Å². The Bertz CT molecular complexity index is 553. The van der Waals surface area contributed by atoms with Gasteiger partial charge in [0.2, 0.25) is 0 Å². The minimum absolute atomic E-state index is 0.137. The molecule has 166 valence electrons. The van der Waals surface area contributed by atoms with Crippen LogP contribution in [-0.4, -0.2) is 24.8 Å². The maximum Gasteiger partial charge on any atom is 0.307 e. The van der Waals surface area contributed by atoms with E-state index in [0.29, 0.717) is 12.3 Å². The average molecular weight is 425 g/mol. The SMILES string of the molecule is CCCCC(C)CC/C=C/C1CCC(OC(C)=O)=C1SCCCCCC(=O)OC. The molecule has 29 heavy (non-hydrogen) atoms. The monoisotopic (exact) mass is 424 g/mol. The van der Waals surface area contributed by atoms with Crippen molar-refractivity contribution in [2.24, 2.45) is 11.8 Å². The summed E-state index contributed by atoms with van der Waals surface area (Å²) in [6, 6.07) is 0. The van der Waals surface area contributed by atoms with Crippen LogP contribution in [0.2, 0.25) is 0 Å². The van der Waals surface area contributed by atoms with E-state index < -0.39 is 0 Å². The van der Waals surface area contributed by atoms with Crippen molar-refractivity contribution in [1.82, 2.24) is 0 Å². The molecule has 0 aromatic carbocycles. The highest BCUT2D eigenvalue weighted by Crippen LogP contribution is 2.41. The van der Waals surface area contributed by atoms with Gasteiger partial charge < -0.3 is 9.47 Å². The van der Waals surface area contributed by atoms with Gasteiger partial charge in [0.1, 0.15) is 5.76 Å². The zero-order valence-corrected chi connectivity index (χ0v) is 19.7. The predicted octanol–water partition coefficient (Wildman–Crippen LogP) is 6.80. The van der Waals surface area contributed by atoms with Crippen LogP contribution in [0.25, 0.3) is 0 Å². The number of unbranched alkanes of at least 4 members (excludes halogenated alkanes) is 3. The summed E-state index contributed by atoms with van der Waals surface area (Å²) in [5.41, 5.74) is 0. The minimum Gasteiger partial charge on any atom is -0.469 e. The second kappa shape index (κ2) is 15.6. The number of esters is 2. The second-order valence-electron chi connectivity index (χ2n) is 8.01. The van der Waals surface area contributed by atoms with E-state index in [1.54, 1.807) is 0 Å². The Hall–Kier alpha value is -1.23. The number of thioether (sulfide) groups is 1. The molecule has 4 nitrogen and oxygen atoms in total. The summed E-state index contributed by atoms with van der Waals surface area (Å²) in [7, 11) is 1.43. The van der Waals surface area contributed by atoms with E-state index in [4.69, 9.17) is 4.74 Å². The lowest BCUT2D eigenvalue weighted by Gasteiger charge is -2.12. The van der Waals surface area contributed by atoms with Crippen molar-refractivity contribution >= 4 is 23.7 Å². The van der Waals surface area contributed by atoms with Crippen LogP contribution >= 0.6 is 11.8 Å². The fourth-order valence-electron chi connectivity index (χ4n) is 3.56. The fraction of sp³-hybridized carbons (Fsp3) is 0.750. The van der Waals surface area contributed by atoms with Gasteiger partial charge in [-0.3, -0.25) is 9.59 Å². The van der Waals surface area contributed by atoms with Gasteiger partial charge in [-0.1, -0.05) is 51.7 Å². The predicted molar refractivity (Wildman–Crippen MR) is 122 cm³/mol. The third-order valence-electron chi connectivity index (χ3n) is 5.32. The highest BCUT2D eigenvalue weighted by molar-refractivity contribution is 8.03. The van der Waals surface area contributed by atoms with E-state index in [9.17, 15) is 9.59 Å². The van der Waals surface area contributed by atoms with E-state index in [-0.39, 0.29) is 11.9 Å². The van der Waals surface area contributed by atoms with E-state index in [0.717, 1.165) is 56.0 Å². The van der Waals surface area contributed by atoms with Crippen LogP contribution in [0.1, 0.15) is 91.4 Å².